The van der Waals surface area contributed by atoms with Gasteiger partial charge >= 0.3 is 5.97 Å². The summed E-state index contributed by atoms with van der Waals surface area (Å²) in [7, 11) is 0. The minimum Gasteiger partial charge on any atom is -0.481 e. The predicted molar refractivity (Wildman–Crippen MR) is 61.1 cm³/mol. The second kappa shape index (κ2) is 5.70. The molecule has 90 valence electrons. The molecule has 0 aromatic carbocycles. The van der Waals surface area contributed by atoms with Gasteiger partial charge in [-0.2, -0.15) is 0 Å². The maximum Gasteiger partial charge on any atom is 0.308 e. The largest absolute Gasteiger partial charge is 0.481 e. The Morgan fingerprint density at radius 1 is 1.50 bits per heavy atom. The Kier molecular flexibility index (Phi) is 4.55. The van der Waals surface area contributed by atoms with Gasteiger partial charge in [0.1, 0.15) is 11.5 Å². The lowest BCUT2D eigenvalue weighted by Gasteiger charge is -2.16. The lowest BCUT2D eigenvalue weighted by Crippen LogP contribution is -2.31. The minimum absolute atomic E-state index is 0.128. The van der Waals surface area contributed by atoms with E-state index in [0.717, 1.165) is 11.5 Å². The first-order valence-electron chi connectivity index (χ1n) is 5.49. The van der Waals surface area contributed by atoms with Crippen LogP contribution in [0.4, 0.5) is 0 Å². The van der Waals surface area contributed by atoms with Gasteiger partial charge in [0.2, 0.25) is 0 Å². The van der Waals surface area contributed by atoms with Gasteiger partial charge in [-0.15, -0.1) is 0 Å². The molecule has 1 heterocycles. The monoisotopic (exact) mass is 225 g/mol. The van der Waals surface area contributed by atoms with Crippen LogP contribution in [-0.2, 0) is 11.3 Å². The van der Waals surface area contributed by atoms with Crippen molar-refractivity contribution in [1.29, 1.82) is 0 Å². The maximum absolute atomic E-state index is 10.9. The third-order valence-corrected chi connectivity index (χ3v) is 2.58. The highest BCUT2D eigenvalue weighted by atomic mass is 16.4. The van der Waals surface area contributed by atoms with E-state index in [1.54, 1.807) is 0 Å². The van der Waals surface area contributed by atoms with Gasteiger partial charge in [-0.25, -0.2) is 0 Å². The van der Waals surface area contributed by atoms with E-state index < -0.39 is 5.97 Å². The normalized spacial score (nSPS) is 13.0. The topological polar surface area (TPSA) is 62.5 Å². The number of hydrogen-bond acceptors (Lipinski definition) is 3. The Morgan fingerprint density at radius 2 is 2.19 bits per heavy atom. The van der Waals surface area contributed by atoms with Crippen LogP contribution in [0.3, 0.4) is 0 Å². The molecule has 0 aliphatic carbocycles. The molecule has 0 saturated heterocycles. The van der Waals surface area contributed by atoms with Crippen LogP contribution >= 0.6 is 0 Å². The molecule has 0 aliphatic rings. The highest BCUT2D eigenvalue weighted by Crippen LogP contribution is 2.10. The number of carbonyl (C=O) groups is 1. The number of hydrogen-bond donors (Lipinski definition) is 2. The van der Waals surface area contributed by atoms with Crippen LogP contribution in [-0.4, -0.2) is 17.6 Å². The molecule has 0 amide bonds. The average Bonchev–Trinajstić information content (AvgIpc) is 2.57. The van der Waals surface area contributed by atoms with Crippen molar-refractivity contribution in [1.82, 2.24) is 5.32 Å². The molecule has 4 nitrogen and oxygen atoms in total. The van der Waals surface area contributed by atoms with Crippen molar-refractivity contribution in [2.45, 2.75) is 27.3 Å². The molecule has 1 atom stereocenters. The standard InChI is InChI=1S/C12H19NO3/c1-8(2)11(12(14)15)7-13-6-10-5-4-9(3)16-10/h4-5,8,11,13H,6-7H2,1-3H3,(H,14,15). The van der Waals surface area contributed by atoms with Crippen LogP contribution in [0.15, 0.2) is 16.5 Å². The number of carboxylic acid groups (broad SMARTS) is 1. The molecule has 1 aromatic rings. The Bertz CT molecular complexity index is 344. The smallest absolute Gasteiger partial charge is 0.308 e. The van der Waals surface area contributed by atoms with Crippen LogP contribution in [0.2, 0.25) is 0 Å². The van der Waals surface area contributed by atoms with E-state index in [0.29, 0.717) is 13.1 Å². The summed E-state index contributed by atoms with van der Waals surface area (Å²) in [5.74, 6) is 0.735. The van der Waals surface area contributed by atoms with Crippen LogP contribution < -0.4 is 5.32 Å². The molecule has 0 fully saturated rings. The van der Waals surface area contributed by atoms with Crippen molar-refractivity contribution in [3.63, 3.8) is 0 Å². The summed E-state index contributed by atoms with van der Waals surface area (Å²) in [6.07, 6.45) is 0. The van der Waals surface area contributed by atoms with Crippen molar-refractivity contribution in [3.05, 3.63) is 23.7 Å². The highest BCUT2D eigenvalue weighted by molar-refractivity contribution is 5.70. The van der Waals surface area contributed by atoms with Gasteiger partial charge in [0.15, 0.2) is 0 Å². The van der Waals surface area contributed by atoms with E-state index in [2.05, 4.69) is 5.32 Å². The second-order valence-electron chi connectivity index (χ2n) is 4.33. The summed E-state index contributed by atoms with van der Waals surface area (Å²) in [5.41, 5.74) is 0. The molecule has 0 saturated carbocycles. The van der Waals surface area contributed by atoms with E-state index in [1.165, 1.54) is 0 Å². The molecule has 1 aromatic heterocycles. The first-order valence-corrected chi connectivity index (χ1v) is 5.49. The molecule has 0 radical (unpaired) electrons. The zero-order valence-corrected chi connectivity index (χ0v) is 9.99. The third-order valence-electron chi connectivity index (χ3n) is 2.58. The summed E-state index contributed by atoms with van der Waals surface area (Å²) >= 11 is 0. The van der Waals surface area contributed by atoms with Gasteiger partial charge < -0.3 is 14.8 Å². The number of nitrogens with one attached hydrogen (secondary N) is 1. The lowest BCUT2D eigenvalue weighted by atomic mass is 9.96. The highest BCUT2D eigenvalue weighted by Gasteiger charge is 2.20. The molecule has 2 N–H and O–H groups in total. The van der Waals surface area contributed by atoms with Crippen molar-refractivity contribution < 1.29 is 14.3 Å². The van der Waals surface area contributed by atoms with Crippen LogP contribution in [0.1, 0.15) is 25.4 Å². The van der Waals surface area contributed by atoms with E-state index >= 15 is 0 Å². The van der Waals surface area contributed by atoms with E-state index in [-0.39, 0.29) is 11.8 Å². The summed E-state index contributed by atoms with van der Waals surface area (Å²) in [5, 5.41) is 12.1. The van der Waals surface area contributed by atoms with Crippen molar-refractivity contribution in [3.8, 4) is 0 Å². The Morgan fingerprint density at radius 3 is 2.62 bits per heavy atom. The van der Waals surface area contributed by atoms with Gasteiger partial charge in [0, 0.05) is 6.54 Å². The number of aryl methyl sites for hydroxylation is 1. The van der Waals surface area contributed by atoms with Gasteiger partial charge in [0.05, 0.1) is 12.5 Å². The predicted octanol–water partition coefficient (Wildman–Crippen LogP) is 2.03. The molecule has 1 rings (SSSR count). The van der Waals surface area contributed by atoms with E-state index in [9.17, 15) is 4.79 Å². The fourth-order valence-electron chi connectivity index (χ4n) is 1.54. The summed E-state index contributed by atoms with van der Waals surface area (Å²) in [6.45, 7) is 6.75. The van der Waals surface area contributed by atoms with Gasteiger partial charge in [-0.05, 0) is 25.0 Å². The number of carboxylic acids is 1. The van der Waals surface area contributed by atoms with E-state index in [1.807, 2.05) is 32.9 Å². The Hall–Kier alpha value is -1.29. The molecule has 4 heteroatoms. The zero-order chi connectivity index (χ0) is 12.1. The summed E-state index contributed by atoms with van der Waals surface area (Å²) in [6, 6.07) is 3.79. The lowest BCUT2D eigenvalue weighted by molar-refractivity contribution is -0.143. The van der Waals surface area contributed by atoms with Crippen LogP contribution in [0.5, 0.6) is 0 Å². The molecule has 16 heavy (non-hydrogen) atoms. The number of aliphatic carboxylic acids is 1. The molecule has 0 spiro atoms. The third kappa shape index (κ3) is 3.70. The van der Waals surface area contributed by atoms with Crippen molar-refractivity contribution in [2.24, 2.45) is 11.8 Å². The Balaban J connectivity index is 2.36. The fourth-order valence-corrected chi connectivity index (χ4v) is 1.54. The van der Waals surface area contributed by atoms with Crippen molar-refractivity contribution >= 4 is 5.97 Å². The molecule has 0 aliphatic heterocycles. The number of furan rings is 1. The minimum atomic E-state index is -0.752. The molecular weight excluding hydrogens is 206 g/mol. The average molecular weight is 225 g/mol. The van der Waals surface area contributed by atoms with Gasteiger partial charge in [-0.1, -0.05) is 13.8 Å². The van der Waals surface area contributed by atoms with Crippen molar-refractivity contribution in [2.75, 3.05) is 6.54 Å². The molecular formula is C12H19NO3. The van der Waals surface area contributed by atoms with Gasteiger partial charge in [-0.3, -0.25) is 4.79 Å². The van der Waals surface area contributed by atoms with Crippen LogP contribution in [0, 0.1) is 18.8 Å². The Labute approximate surface area is 95.7 Å². The fraction of sp³-hybridized carbons (Fsp3) is 0.583. The molecule has 1 unspecified atom stereocenters. The maximum atomic E-state index is 10.9. The first-order chi connectivity index (χ1) is 7.50. The zero-order valence-electron chi connectivity index (χ0n) is 9.99. The number of rotatable bonds is 6. The van der Waals surface area contributed by atoms with Crippen LogP contribution in [0.25, 0.3) is 0 Å². The summed E-state index contributed by atoms with van der Waals surface area (Å²) in [4.78, 5) is 10.9. The first kappa shape index (κ1) is 12.8. The van der Waals surface area contributed by atoms with E-state index in [4.69, 9.17) is 9.52 Å². The SMILES string of the molecule is Cc1ccc(CNCC(C(=O)O)C(C)C)o1. The quantitative estimate of drug-likeness (QED) is 0.777. The second-order valence-corrected chi connectivity index (χ2v) is 4.33. The summed E-state index contributed by atoms with van der Waals surface area (Å²) < 4.78 is 5.38. The van der Waals surface area contributed by atoms with Gasteiger partial charge in [0.25, 0.3) is 0 Å². The molecule has 0 bridgehead atoms.